The van der Waals surface area contributed by atoms with E-state index in [1.165, 1.54) is 17.7 Å². The van der Waals surface area contributed by atoms with Crippen molar-refractivity contribution in [1.29, 1.82) is 0 Å². The van der Waals surface area contributed by atoms with Gasteiger partial charge in [-0.15, -0.1) is 0 Å². The molecule has 7 rings (SSSR count). The number of H-pyrrole nitrogens is 1. The highest BCUT2D eigenvalue weighted by Gasteiger charge is 2.26. The van der Waals surface area contributed by atoms with E-state index in [0.717, 1.165) is 67.7 Å². The maximum atomic E-state index is 13.7. The number of fused-ring (bicyclic) bond motifs is 1. The van der Waals surface area contributed by atoms with Crippen LogP contribution in [0.5, 0.6) is 0 Å². The van der Waals surface area contributed by atoms with Crippen LogP contribution in [0.25, 0.3) is 10.9 Å². The van der Waals surface area contributed by atoms with E-state index in [9.17, 15) is 23.2 Å². The third-order valence-corrected chi connectivity index (χ3v) is 9.22. The molecule has 4 N–H and O–H groups in total. The molecule has 12 heteroatoms. The summed E-state index contributed by atoms with van der Waals surface area (Å²) in [6, 6.07) is 24.3. The maximum Gasteiger partial charge on any atom is 0.256 e. The van der Waals surface area contributed by atoms with E-state index < -0.39 is 17.7 Å². The summed E-state index contributed by atoms with van der Waals surface area (Å²) >= 11 is 0. The number of hydrogen-bond donors (Lipinski definition) is 4. The van der Waals surface area contributed by atoms with Crippen molar-refractivity contribution in [3.05, 3.63) is 124 Å². The molecule has 2 fully saturated rings. The highest BCUT2D eigenvalue weighted by Crippen LogP contribution is 2.25. The second-order valence-corrected chi connectivity index (χ2v) is 13.0. The van der Waals surface area contributed by atoms with Crippen molar-refractivity contribution in [1.82, 2.24) is 25.3 Å². The van der Waals surface area contributed by atoms with Crippen molar-refractivity contribution in [3.63, 3.8) is 0 Å². The lowest BCUT2D eigenvalue weighted by Gasteiger charge is -2.34. The van der Waals surface area contributed by atoms with Crippen LogP contribution in [0.1, 0.15) is 45.5 Å². The standard InChI is InChI=1S/C38H37F2N7O3/c39-29-18-27(19-30(40)21-29)17-26-5-10-33-32(20-26)36(45-44-33)43-37(49)28-6-1-24(2-7-28)22-46-13-15-47(16-14-46)23-25-3-8-31(9-4-25)41-34-11-12-35(48)42-38(34)50/h1-10,18-21,34,41H,11-17,22-23H2,(H,42,48,50)(H2,43,44,45,49). The fourth-order valence-electron chi connectivity index (χ4n) is 6.52. The summed E-state index contributed by atoms with van der Waals surface area (Å²) in [5, 5.41) is 16.4. The average molecular weight is 678 g/mol. The number of halogens is 2. The fraction of sp³-hybridized carbons (Fsp3) is 0.263. The van der Waals surface area contributed by atoms with Gasteiger partial charge in [0.05, 0.1) is 5.52 Å². The molecule has 2 aliphatic rings. The molecule has 0 bridgehead atoms. The van der Waals surface area contributed by atoms with Gasteiger partial charge in [-0.25, -0.2) is 8.78 Å². The molecule has 50 heavy (non-hydrogen) atoms. The number of carbonyl (C=O) groups is 3. The van der Waals surface area contributed by atoms with Crippen LogP contribution in [0.3, 0.4) is 0 Å². The molecule has 2 saturated heterocycles. The Kier molecular flexibility index (Phi) is 9.63. The molecule has 1 aromatic heterocycles. The normalized spacial score (nSPS) is 17.1. The monoisotopic (exact) mass is 677 g/mol. The summed E-state index contributed by atoms with van der Waals surface area (Å²) in [5.41, 5.74) is 5.78. The van der Waals surface area contributed by atoms with Crippen molar-refractivity contribution in [2.75, 3.05) is 36.8 Å². The van der Waals surface area contributed by atoms with Gasteiger partial charge in [0, 0.05) is 68.4 Å². The number of aromatic nitrogens is 2. The summed E-state index contributed by atoms with van der Waals surface area (Å²) in [6.45, 7) is 5.37. The summed E-state index contributed by atoms with van der Waals surface area (Å²) in [6.07, 6.45) is 1.17. The number of benzene rings is 4. The van der Waals surface area contributed by atoms with Crippen LogP contribution in [0, 0.1) is 11.6 Å². The Labute approximate surface area is 287 Å². The zero-order chi connectivity index (χ0) is 34.6. The highest BCUT2D eigenvalue weighted by molar-refractivity contribution is 6.08. The molecule has 3 amide bonds. The minimum atomic E-state index is -0.620. The Morgan fingerprint density at radius 3 is 2.04 bits per heavy atom. The smallest absolute Gasteiger partial charge is 0.256 e. The molecular formula is C38H37F2N7O3. The van der Waals surface area contributed by atoms with Gasteiger partial charge in [0.2, 0.25) is 11.8 Å². The number of piperazine rings is 1. The third-order valence-electron chi connectivity index (χ3n) is 9.22. The first-order chi connectivity index (χ1) is 24.2. The van der Waals surface area contributed by atoms with Gasteiger partial charge in [0.15, 0.2) is 5.82 Å². The Morgan fingerprint density at radius 2 is 1.40 bits per heavy atom. The number of imide groups is 1. The first-order valence-corrected chi connectivity index (χ1v) is 16.7. The zero-order valence-electron chi connectivity index (χ0n) is 27.3. The average Bonchev–Trinajstić information content (AvgIpc) is 3.49. The molecule has 3 heterocycles. The summed E-state index contributed by atoms with van der Waals surface area (Å²) in [4.78, 5) is 41.4. The molecular weight excluding hydrogens is 640 g/mol. The van der Waals surface area contributed by atoms with Crippen molar-refractivity contribution in [3.8, 4) is 0 Å². The molecule has 4 aromatic carbocycles. The third kappa shape index (κ3) is 8.04. The van der Waals surface area contributed by atoms with E-state index in [0.29, 0.717) is 41.6 Å². The van der Waals surface area contributed by atoms with Gasteiger partial charge in [-0.2, -0.15) is 5.10 Å². The van der Waals surface area contributed by atoms with E-state index in [-0.39, 0.29) is 17.7 Å². The molecule has 0 spiro atoms. The number of carbonyl (C=O) groups excluding carboxylic acids is 3. The largest absolute Gasteiger partial charge is 0.374 e. The molecule has 2 aliphatic heterocycles. The Balaban J connectivity index is 0.881. The first kappa shape index (κ1) is 33.1. The Hall–Kier alpha value is -5.46. The number of amides is 3. The fourth-order valence-corrected chi connectivity index (χ4v) is 6.52. The Bertz CT molecular complexity index is 2000. The molecule has 5 aromatic rings. The van der Waals surface area contributed by atoms with E-state index in [4.69, 9.17) is 0 Å². The molecule has 256 valence electrons. The van der Waals surface area contributed by atoms with E-state index in [1.54, 1.807) is 0 Å². The van der Waals surface area contributed by atoms with Gasteiger partial charge in [0.1, 0.15) is 17.7 Å². The number of nitrogens with one attached hydrogen (secondary N) is 4. The molecule has 1 unspecified atom stereocenters. The predicted molar refractivity (Wildman–Crippen MR) is 186 cm³/mol. The van der Waals surface area contributed by atoms with Gasteiger partial charge in [-0.1, -0.05) is 30.3 Å². The maximum absolute atomic E-state index is 13.7. The number of piperidine rings is 1. The summed E-state index contributed by atoms with van der Waals surface area (Å²) in [7, 11) is 0. The molecule has 10 nitrogen and oxygen atoms in total. The van der Waals surface area contributed by atoms with Crippen LogP contribution in [0.2, 0.25) is 0 Å². The second-order valence-electron chi connectivity index (χ2n) is 13.0. The van der Waals surface area contributed by atoms with Gasteiger partial charge in [0.25, 0.3) is 5.91 Å². The second kappa shape index (κ2) is 14.6. The van der Waals surface area contributed by atoms with Crippen molar-refractivity contribution >= 4 is 40.1 Å². The number of anilines is 2. The van der Waals surface area contributed by atoms with Crippen LogP contribution in [-0.2, 0) is 29.1 Å². The van der Waals surface area contributed by atoms with Gasteiger partial charge in [-0.3, -0.25) is 34.6 Å². The molecule has 0 aliphatic carbocycles. The van der Waals surface area contributed by atoms with E-state index >= 15 is 0 Å². The minimum Gasteiger partial charge on any atom is -0.374 e. The number of nitrogens with zero attached hydrogens (tertiary/aromatic N) is 3. The van der Waals surface area contributed by atoms with Gasteiger partial charge in [-0.05, 0) is 83.6 Å². The predicted octanol–water partition coefficient (Wildman–Crippen LogP) is 5.22. The van der Waals surface area contributed by atoms with Crippen LogP contribution < -0.4 is 16.0 Å². The zero-order valence-corrected chi connectivity index (χ0v) is 27.3. The van der Waals surface area contributed by atoms with Crippen molar-refractivity contribution < 1.29 is 23.2 Å². The van der Waals surface area contributed by atoms with E-state index in [1.807, 2.05) is 54.6 Å². The van der Waals surface area contributed by atoms with Crippen LogP contribution >= 0.6 is 0 Å². The quantitative estimate of drug-likeness (QED) is 0.150. The summed E-state index contributed by atoms with van der Waals surface area (Å²) < 4.78 is 27.4. The molecule has 0 radical (unpaired) electrons. The van der Waals surface area contributed by atoms with Crippen LogP contribution in [0.4, 0.5) is 20.3 Å². The highest BCUT2D eigenvalue weighted by atomic mass is 19.1. The number of rotatable bonds is 10. The van der Waals surface area contributed by atoms with E-state index in [2.05, 4.69) is 48.1 Å². The Morgan fingerprint density at radius 1 is 0.780 bits per heavy atom. The minimum absolute atomic E-state index is 0.221. The summed E-state index contributed by atoms with van der Waals surface area (Å²) in [5.74, 6) is -1.63. The lowest BCUT2D eigenvalue weighted by molar-refractivity contribution is -0.133. The van der Waals surface area contributed by atoms with Crippen LogP contribution in [-0.4, -0.2) is 69.9 Å². The molecule has 1 atom stereocenters. The van der Waals surface area contributed by atoms with Crippen LogP contribution in [0.15, 0.2) is 84.9 Å². The molecule has 0 saturated carbocycles. The van der Waals surface area contributed by atoms with Crippen molar-refractivity contribution in [2.45, 2.75) is 38.4 Å². The number of hydrogen-bond acceptors (Lipinski definition) is 7. The lowest BCUT2D eigenvalue weighted by atomic mass is 10.0. The topological polar surface area (TPSA) is 122 Å². The first-order valence-electron chi connectivity index (χ1n) is 16.7. The van der Waals surface area contributed by atoms with Gasteiger partial charge < -0.3 is 10.6 Å². The SMILES string of the molecule is O=C1CCC(Nc2ccc(CN3CCN(Cc4ccc(C(=O)Nc5n[nH]c6ccc(Cc7cc(F)cc(F)c7)cc56)cc4)CC3)cc2)C(=O)N1. The lowest BCUT2D eigenvalue weighted by Crippen LogP contribution is -2.47. The van der Waals surface area contributed by atoms with Crippen molar-refractivity contribution in [2.24, 2.45) is 0 Å². The van der Waals surface area contributed by atoms with Gasteiger partial charge >= 0.3 is 0 Å². The number of aromatic amines is 1.